The van der Waals surface area contributed by atoms with Crippen LogP contribution in [0.3, 0.4) is 0 Å². The van der Waals surface area contributed by atoms with Gasteiger partial charge < -0.3 is 20.9 Å². The van der Waals surface area contributed by atoms with Gasteiger partial charge in [-0.25, -0.2) is 0 Å². The number of nitrogens with one attached hydrogen (secondary N) is 1. The number of carbonyl (C=O) groups is 2. The number of amides is 2. The number of aryl methyl sites for hydroxylation is 1. The van der Waals surface area contributed by atoms with E-state index in [4.69, 9.17) is 17.3 Å². The molecule has 0 unspecified atom stereocenters. The van der Waals surface area contributed by atoms with Crippen molar-refractivity contribution in [3.63, 3.8) is 0 Å². The third kappa shape index (κ3) is 4.17. The number of halogens is 1. The number of benzene rings is 2. The summed E-state index contributed by atoms with van der Waals surface area (Å²) in [7, 11) is 0. The van der Waals surface area contributed by atoms with Crippen LogP contribution in [0, 0.1) is 13.8 Å². The smallest absolute Gasteiger partial charge is 0.313 e. The highest BCUT2D eigenvalue weighted by Crippen LogP contribution is 2.24. The fourth-order valence-electron chi connectivity index (χ4n) is 3.16. The molecule has 0 aliphatic carbocycles. The van der Waals surface area contributed by atoms with Crippen molar-refractivity contribution in [2.45, 2.75) is 13.8 Å². The summed E-state index contributed by atoms with van der Waals surface area (Å²) in [5.74, 6) is -1.21. The summed E-state index contributed by atoms with van der Waals surface area (Å²) in [6.45, 7) is 6.58. The van der Waals surface area contributed by atoms with E-state index >= 15 is 0 Å². The van der Waals surface area contributed by atoms with Gasteiger partial charge in [0.25, 0.3) is 0 Å². The van der Waals surface area contributed by atoms with E-state index in [1.54, 1.807) is 17.0 Å². The number of nitrogens with zero attached hydrogens (tertiary/aromatic N) is 2. The molecule has 7 heteroatoms. The van der Waals surface area contributed by atoms with Gasteiger partial charge in [-0.2, -0.15) is 0 Å². The number of carbonyl (C=O) groups excluding carboxylic acids is 2. The van der Waals surface area contributed by atoms with Crippen LogP contribution in [0.25, 0.3) is 0 Å². The number of nitrogens with two attached hydrogens (primary N) is 1. The molecule has 1 fully saturated rings. The first-order chi connectivity index (χ1) is 12.9. The van der Waals surface area contributed by atoms with Crippen LogP contribution in [0.4, 0.5) is 17.1 Å². The summed E-state index contributed by atoms with van der Waals surface area (Å²) in [6.07, 6.45) is 0. The van der Waals surface area contributed by atoms with E-state index in [0.717, 1.165) is 0 Å². The van der Waals surface area contributed by atoms with Crippen molar-refractivity contribution >= 4 is 40.5 Å². The van der Waals surface area contributed by atoms with Crippen LogP contribution in [0.2, 0.25) is 5.02 Å². The van der Waals surface area contributed by atoms with Gasteiger partial charge in [-0.3, -0.25) is 9.59 Å². The van der Waals surface area contributed by atoms with E-state index < -0.39 is 11.8 Å². The minimum Gasteiger partial charge on any atom is -0.398 e. The Morgan fingerprint density at radius 3 is 2.44 bits per heavy atom. The lowest BCUT2D eigenvalue weighted by Gasteiger charge is -2.36. The van der Waals surface area contributed by atoms with Crippen molar-refractivity contribution < 1.29 is 9.59 Å². The normalized spacial score (nSPS) is 14.2. The van der Waals surface area contributed by atoms with E-state index in [0.29, 0.717) is 42.6 Å². The molecule has 0 atom stereocenters. The Kier molecular flexibility index (Phi) is 5.56. The van der Waals surface area contributed by atoms with Crippen molar-refractivity contribution in [2.24, 2.45) is 0 Å². The molecular formula is C20H23ClN4O2. The first-order valence-corrected chi connectivity index (χ1v) is 9.21. The fraction of sp³-hybridized carbons (Fsp3) is 0.300. The Bertz CT molecular complexity index is 876. The van der Waals surface area contributed by atoms with Gasteiger partial charge >= 0.3 is 11.8 Å². The monoisotopic (exact) mass is 386 g/mol. The Hall–Kier alpha value is -2.73. The highest BCUT2D eigenvalue weighted by Gasteiger charge is 2.26. The molecule has 2 aromatic carbocycles. The minimum atomic E-state index is -0.670. The predicted octanol–water partition coefficient (Wildman–Crippen LogP) is 2.83. The third-order valence-corrected chi connectivity index (χ3v) is 5.26. The highest BCUT2D eigenvalue weighted by atomic mass is 35.5. The van der Waals surface area contributed by atoms with Gasteiger partial charge in [0, 0.05) is 37.6 Å². The van der Waals surface area contributed by atoms with E-state index in [2.05, 4.69) is 36.2 Å². The van der Waals surface area contributed by atoms with Gasteiger partial charge in [0.05, 0.1) is 10.7 Å². The first-order valence-electron chi connectivity index (χ1n) is 8.83. The summed E-state index contributed by atoms with van der Waals surface area (Å²) >= 11 is 5.95. The quantitative estimate of drug-likeness (QED) is 0.614. The Balaban J connectivity index is 1.60. The van der Waals surface area contributed by atoms with Crippen molar-refractivity contribution in [3.05, 3.63) is 52.5 Å². The molecule has 0 aromatic heterocycles. The maximum Gasteiger partial charge on any atom is 0.313 e. The second-order valence-electron chi connectivity index (χ2n) is 6.69. The molecule has 6 nitrogen and oxygen atoms in total. The molecule has 1 saturated heterocycles. The van der Waals surface area contributed by atoms with Crippen molar-refractivity contribution in [1.29, 1.82) is 0 Å². The molecule has 2 amide bonds. The zero-order valence-corrected chi connectivity index (χ0v) is 16.2. The second-order valence-corrected chi connectivity index (χ2v) is 7.10. The number of hydrogen-bond donors (Lipinski definition) is 2. The van der Waals surface area contributed by atoms with Gasteiger partial charge in [0.15, 0.2) is 0 Å². The van der Waals surface area contributed by atoms with Crippen LogP contribution in [0.5, 0.6) is 0 Å². The zero-order valence-electron chi connectivity index (χ0n) is 15.5. The molecule has 0 spiro atoms. The average Bonchev–Trinajstić information content (AvgIpc) is 2.66. The molecule has 0 bridgehead atoms. The molecule has 1 aliphatic rings. The SMILES string of the molecule is Cc1cccc(N2CCN(C(=O)C(=O)Nc3ccc(N)c(Cl)c3)CC2)c1C. The lowest BCUT2D eigenvalue weighted by atomic mass is 10.1. The summed E-state index contributed by atoms with van der Waals surface area (Å²) in [6, 6.07) is 11.0. The van der Waals surface area contributed by atoms with Crippen molar-refractivity contribution in [2.75, 3.05) is 42.1 Å². The van der Waals surface area contributed by atoms with E-state index in [1.807, 2.05) is 6.07 Å². The Labute approximate surface area is 163 Å². The summed E-state index contributed by atoms with van der Waals surface area (Å²) in [4.78, 5) is 28.6. The number of piperazine rings is 1. The van der Waals surface area contributed by atoms with Gasteiger partial charge in [-0.15, -0.1) is 0 Å². The summed E-state index contributed by atoms with van der Waals surface area (Å²) in [5, 5.41) is 2.92. The molecule has 1 aliphatic heterocycles. The van der Waals surface area contributed by atoms with Crippen LogP contribution in [-0.4, -0.2) is 42.9 Å². The van der Waals surface area contributed by atoms with Crippen LogP contribution < -0.4 is 16.0 Å². The standard InChI is InChI=1S/C20H23ClN4O2/c1-13-4-3-5-18(14(13)2)24-8-10-25(11-9-24)20(27)19(26)23-15-6-7-17(22)16(21)12-15/h3-7,12H,8-11,22H2,1-2H3,(H,23,26). The number of rotatable bonds is 2. The van der Waals surface area contributed by atoms with Crippen LogP contribution >= 0.6 is 11.6 Å². The lowest BCUT2D eigenvalue weighted by Crippen LogP contribution is -2.51. The number of nitrogen functional groups attached to an aromatic ring is 1. The molecule has 0 saturated carbocycles. The van der Waals surface area contributed by atoms with Gasteiger partial charge in [-0.1, -0.05) is 23.7 Å². The van der Waals surface area contributed by atoms with E-state index in [1.165, 1.54) is 22.9 Å². The largest absolute Gasteiger partial charge is 0.398 e. The Morgan fingerprint density at radius 2 is 1.78 bits per heavy atom. The van der Waals surface area contributed by atoms with Crippen molar-refractivity contribution in [1.82, 2.24) is 4.90 Å². The summed E-state index contributed by atoms with van der Waals surface area (Å²) < 4.78 is 0. The van der Waals surface area contributed by atoms with Gasteiger partial charge in [0.2, 0.25) is 0 Å². The zero-order chi connectivity index (χ0) is 19.6. The second kappa shape index (κ2) is 7.88. The van der Waals surface area contributed by atoms with E-state index in [9.17, 15) is 9.59 Å². The third-order valence-electron chi connectivity index (χ3n) is 4.94. The lowest BCUT2D eigenvalue weighted by molar-refractivity contribution is -0.143. The van der Waals surface area contributed by atoms with Crippen LogP contribution in [0.1, 0.15) is 11.1 Å². The molecule has 27 heavy (non-hydrogen) atoms. The summed E-state index contributed by atoms with van der Waals surface area (Å²) in [5.41, 5.74) is 10.2. The number of hydrogen-bond acceptors (Lipinski definition) is 4. The van der Waals surface area contributed by atoms with Crippen LogP contribution in [-0.2, 0) is 9.59 Å². The molecule has 3 rings (SSSR count). The molecule has 142 valence electrons. The van der Waals surface area contributed by atoms with Crippen LogP contribution in [0.15, 0.2) is 36.4 Å². The Morgan fingerprint density at radius 1 is 1.07 bits per heavy atom. The molecule has 0 radical (unpaired) electrons. The first kappa shape index (κ1) is 19.0. The minimum absolute atomic E-state index is 0.336. The topological polar surface area (TPSA) is 78.7 Å². The molecule has 2 aromatic rings. The molecule has 3 N–H and O–H groups in total. The maximum atomic E-state index is 12.5. The fourth-order valence-corrected chi connectivity index (χ4v) is 3.34. The van der Waals surface area contributed by atoms with Gasteiger partial charge in [0.1, 0.15) is 0 Å². The molecular weight excluding hydrogens is 364 g/mol. The average molecular weight is 387 g/mol. The maximum absolute atomic E-state index is 12.5. The number of anilines is 3. The van der Waals surface area contributed by atoms with Gasteiger partial charge in [-0.05, 0) is 49.2 Å². The molecule has 1 heterocycles. The predicted molar refractivity (Wildman–Crippen MR) is 109 cm³/mol. The highest BCUT2D eigenvalue weighted by molar-refractivity contribution is 6.40. The van der Waals surface area contributed by atoms with E-state index in [-0.39, 0.29) is 0 Å². The van der Waals surface area contributed by atoms with Crippen molar-refractivity contribution in [3.8, 4) is 0 Å².